The van der Waals surface area contributed by atoms with Crippen LogP contribution in [0.15, 0.2) is 28.2 Å². The van der Waals surface area contributed by atoms with E-state index in [0.29, 0.717) is 11.4 Å². The van der Waals surface area contributed by atoms with Crippen LogP contribution in [-0.4, -0.2) is 34.5 Å². The molecule has 0 radical (unpaired) electrons. The molecule has 0 bridgehead atoms. The molecule has 5 nitrogen and oxygen atoms in total. The number of allylic oxidation sites excluding steroid dienone is 1. The quantitative estimate of drug-likeness (QED) is 0.681. The second kappa shape index (κ2) is 3.37. The lowest BCUT2D eigenvalue weighted by Crippen LogP contribution is -2.34. The highest BCUT2D eigenvalue weighted by Crippen LogP contribution is 2.31. The fourth-order valence-electron chi connectivity index (χ4n) is 1.56. The third-order valence-corrected chi connectivity index (χ3v) is 2.16. The van der Waals surface area contributed by atoms with Crippen LogP contribution < -0.4 is 0 Å². The molecule has 0 aliphatic carbocycles. The van der Waals surface area contributed by atoms with Gasteiger partial charge in [-0.3, -0.25) is 9.89 Å². The topological polar surface area (TPSA) is 62.1 Å². The standard InChI is InChI=1S/C11H14N2O3/c1-11(2,3)16-10(15)13-6-8(14)9-7(13)4-5-12-9/h4-5,14H,6H2,1-3H3. The lowest BCUT2D eigenvalue weighted by Gasteiger charge is -2.24. The Hall–Kier alpha value is -1.78. The van der Waals surface area contributed by atoms with Crippen molar-refractivity contribution in [1.29, 1.82) is 0 Å². The molecule has 0 saturated carbocycles. The minimum atomic E-state index is -0.546. The SMILES string of the molecule is CC(C)(C)OC(=O)N1CC(O)=C2N=CC=C21. The molecule has 1 amide bonds. The maximum absolute atomic E-state index is 11.8. The first-order chi connectivity index (χ1) is 7.38. The summed E-state index contributed by atoms with van der Waals surface area (Å²) in [5.74, 6) is 0.103. The smallest absolute Gasteiger partial charge is 0.415 e. The van der Waals surface area contributed by atoms with Gasteiger partial charge in [0.15, 0.2) is 0 Å². The van der Waals surface area contributed by atoms with E-state index in [0.717, 1.165) is 0 Å². The summed E-state index contributed by atoms with van der Waals surface area (Å²) in [7, 11) is 0. The molecule has 2 rings (SSSR count). The van der Waals surface area contributed by atoms with Crippen LogP contribution in [0, 0.1) is 0 Å². The van der Waals surface area contributed by atoms with E-state index in [-0.39, 0.29) is 12.3 Å². The Kier molecular flexibility index (Phi) is 2.26. The van der Waals surface area contributed by atoms with Gasteiger partial charge >= 0.3 is 6.09 Å². The van der Waals surface area contributed by atoms with E-state index >= 15 is 0 Å². The molecule has 0 spiro atoms. The molecule has 2 aliphatic heterocycles. The monoisotopic (exact) mass is 222 g/mol. The minimum absolute atomic E-state index is 0.103. The predicted octanol–water partition coefficient (Wildman–Crippen LogP) is 1.98. The van der Waals surface area contributed by atoms with Crippen molar-refractivity contribution in [2.45, 2.75) is 26.4 Å². The van der Waals surface area contributed by atoms with Gasteiger partial charge in [-0.25, -0.2) is 4.79 Å². The van der Waals surface area contributed by atoms with E-state index in [1.54, 1.807) is 33.1 Å². The molecule has 16 heavy (non-hydrogen) atoms. The average molecular weight is 222 g/mol. The molecular formula is C11H14N2O3. The summed E-state index contributed by atoms with van der Waals surface area (Å²) >= 11 is 0. The van der Waals surface area contributed by atoms with Gasteiger partial charge in [-0.2, -0.15) is 0 Å². The van der Waals surface area contributed by atoms with Gasteiger partial charge in [0.25, 0.3) is 0 Å². The number of aliphatic imine (C=N–C) groups is 1. The van der Waals surface area contributed by atoms with Gasteiger partial charge in [-0.05, 0) is 26.8 Å². The maximum Gasteiger partial charge on any atom is 0.415 e. The zero-order chi connectivity index (χ0) is 11.9. The number of hydrogen-bond acceptors (Lipinski definition) is 4. The van der Waals surface area contributed by atoms with E-state index in [1.165, 1.54) is 4.90 Å². The first kappa shape index (κ1) is 10.7. The Labute approximate surface area is 93.7 Å². The van der Waals surface area contributed by atoms with Gasteiger partial charge in [0.05, 0.1) is 12.2 Å². The molecular weight excluding hydrogens is 208 g/mol. The number of rotatable bonds is 0. The van der Waals surface area contributed by atoms with Gasteiger partial charge in [0, 0.05) is 6.21 Å². The van der Waals surface area contributed by atoms with Crippen molar-refractivity contribution in [3.63, 3.8) is 0 Å². The molecule has 0 aromatic carbocycles. The number of nitrogens with zero attached hydrogens (tertiary/aromatic N) is 2. The number of amides is 1. The Morgan fingerprint density at radius 2 is 2.25 bits per heavy atom. The highest BCUT2D eigenvalue weighted by Gasteiger charge is 2.35. The van der Waals surface area contributed by atoms with Gasteiger partial charge in [0.1, 0.15) is 17.1 Å². The first-order valence-corrected chi connectivity index (χ1v) is 5.06. The Balaban J connectivity index is 2.13. The Bertz CT molecular complexity index is 427. The van der Waals surface area contributed by atoms with Gasteiger partial charge < -0.3 is 9.84 Å². The largest absolute Gasteiger partial charge is 0.508 e. The lowest BCUT2D eigenvalue weighted by atomic mass is 10.2. The van der Waals surface area contributed by atoms with Crippen LogP contribution >= 0.6 is 0 Å². The number of carbonyl (C=O) groups is 1. The van der Waals surface area contributed by atoms with Crippen molar-refractivity contribution in [1.82, 2.24) is 4.90 Å². The van der Waals surface area contributed by atoms with E-state index in [2.05, 4.69) is 4.99 Å². The number of hydrogen-bond donors (Lipinski definition) is 1. The summed E-state index contributed by atoms with van der Waals surface area (Å²) in [5, 5.41) is 9.59. The van der Waals surface area contributed by atoms with Crippen molar-refractivity contribution in [2.24, 2.45) is 4.99 Å². The molecule has 0 fully saturated rings. The van der Waals surface area contributed by atoms with E-state index in [9.17, 15) is 9.90 Å². The first-order valence-electron chi connectivity index (χ1n) is 5.06. The highest BCUT2D eigenvalue weighted by molar-refractivity contribution is 5.84. The number of carbonyl (C=O) groups excluding carboxylic acids is 1. The van der Waals surface area contributed by atoms with Crippen LogP contribution in [0.3, 0.4) is 0 Å². The number of aliphatic hydroxyl groups excluding tert-OH is 1. The molecule has 86 valence electrons. The van der Waals surface area contributed by atoms with Crippen LogP contribution in [0.4, 0.5) is 4.79 Å². The normalized spacial score (nSPS) is 18.9. The van der Waals surface area contributed by atoms with E-state index < -0.39 is 11.7 Å². The van der Waals surface area contributed by atoms with Crippen molar-refractivity contribution < 1.29 is 14.6 Å². The lowest BCUT2D eigenvalue weighted by molar-refractivity contribution is 0.0333. The molecule has 0 aromatic rings. The van der Waals surface area contributed by atoms with E-state index in [4.69, 9.17) is 4.74 Å². The number of ether oxygens (including phenoxy) is 1. The molecule has 0 aromatic heterocycles. The fraction of sp³-hybridized carbons (Fsp3) is 0.455. The van der Waals surface area contributed by atoms with Gasteiger partial charge in [-0.1, -0.05) is 0 Å². The summed E-state index contributed by atoms with van der Waals surface area (Å²) in [6, 6.07) is 0. The molecule has 2 heterocycles. The zero-order valence-corrected chi connectivity index (χ0v) is 9.52. The van der Waals surface area contributed by atoms with Crippen LogP contribution in [0.5, 0.6) is 0 Å². The molecule has 0 saturated heterocycles. The predicted molar refractivity (Wildman–Crippen MR) is 59.2 cm³/mol. The Morgan fingerprint density at radius 1 is 1.56 bits per heavy atom. The van der Waals surface area contributed by atoms with Gasteiger partial charge in [0.2, 0.25) is 0 Å². The van der Waals surface area contributed by atoms with Crippen LogP contribution in [0.1, 0.15) is 20.8 Å². The van der Waals surface area contributed by atoms with Gasteiger partial charge in [-0.15, -0.1) is 0 Å². The minimum Gasteiger partial charge on any atom is -0.508 e. The highest BCUT2D eigenvalue weighted by atomic mass is 16.6. The third kappa shape index (κ3) is 1.80. The van der Waals surface area contributed by atoms with Crippen molar-refractivity contribution in [2.75, 3.05) is 6.54 Å². The molecule has 0 unspecified atom stereocenters. The van der Waals surface area contributed by atoms with Crippen LogP contribution in [-0.2, 0) is 4.74 Å². The average Bonchev–Trinajstić information content (AvgIpc) is 2.66. The summed E-state index contributed by atoms with van der Waals surface area (Å²) < 4.78 is 5.23. The van der Waals surface area contributed by atoms with Crippen molar-refractivity contribution >= 4 is 12.3 Å². The van der Waals surface area contributed by atoms with Crippen molar-refractivity contribution in [3.05, 3.63) is 23.2 Å². The second-order valence-electron chi connectivity index (χ2n) is 4.69. The summed E-state index contributed by atoms with van der Waals surface area (Å²) in [4.78, 5) is 17.2. The fourth-order valence-corrected chi connectivity index (χ4v) is 1.56. The molecule has 0 atom stereocenters. The Morgan fingerprint density at radius 3 is 2.88 bits per heavy atom. The van der Waals surface area contributed by atoms with Crippen molar-refractivity contribution in [3.8, 4) is 0 Å². The van der Waals surface area contributed by atoms with Crippen LogP contribution in [0.2, 0.25) is 0 Å². The third-order valence-electron chi connectivity index (χ3n) is 2.16. The molecule has 5 heteroatoms. The van der Waals surface area contributed by atoms with E-state index in [1.807, 2.05) is 0 Å². The zero-order valence-electron chi connectivity index (χ0n) is 9.52. The summed E-state index contributed by atoms with van der Waals surface area (Å²) in [6.07, 6.45) is 2.77. The summed E-state index contributed by atoms with van der Waals surface area (Å²) in [6.45, 7) is 5.53. The summed E-state index contributed by atoms with van der Waals surface area (Å²) in [5.41, 5.74) is 0.521. The second-order valence-corrected chi connectivity index (χ2v) is 4.69. The molecule has 2 aliphatic rings. The van der Waals surface area contributed by atoms with Crippen LogP contribution in [0.25, 0.3) is 0 Å². The molecule has 1 N–H and O–H groups in total. The maximum atomic E-state index is 11.8. The number of aliphatic hydroxyl groups is 1. The number of fused-ring (bicyclic) bond motifs is 1.